The van der Waals surface area contributed by atoms with Crippen molar-refractivity contribution in [3.8, 4) is 0 Å². The van der Waals surface area contributed by atoms with E-state index in [1.165, 1.54) is 0 Å². The summed E-state index contributed by atoms with van der Waals surface area (Å²) in [7, 11) is -1.14. The van der Waals surface area contributed by atoms with Crippen LogP contribution in [0.1, 0.15) is 42.8 Å². The molecule has 4 heterocycles. The number of pyridine rings is 3. The lowest BCUT2D eigenvalue weighted by molar-refractivity contribution is -0.139. The average molecular weight is 545 g/mol. The molecule has 2 N–H and O–H groups in total. The van der Waals surface area contributed by atoms with Gasteiger partial charge in [-0.15, -0.1) is 0 Å². The number of carboxylic acid groups (broad SMARTS) is 1. The minimum atomic E-state index is -1.14. The van der Waals surface area contributed by atoms with Crippen molar-refractivity contribution in [1.29, 1.82) is 0 Å². The third kappa shape index (κ3) is 9.91. The Morgan fingerprint density at radius 1 is 0.800 bits per heavy atom. The first-order valence-electron chi connectivity index (χ1n) is 13.7. The quantitative estimate of drug-likeness (QED) is 0.275. The Morgan fingerprint density at radius 2 is 1.32 bits per heavy atom. The van der Waals surface area contributed by atoms with Gasteiger partial charge in [0.2, 0.25) is 0 Å². The van der Waals surface area contributed by atoms with Gasteiger partial charge in [-0.2, -0.15) is 0 Å². The number of aliphatic carboxylic acids is 1. The van der Waals surface area contributed by atoms with Gasteiger partial charge < -0.3 is 14.8 Å². The highest BCUT2D eigenvalue weighted by Gasteiger charge is 2.37. The van der Waals surface area contributed by atoms with Gasteiger partial charge in [0.15, 0.2) is 0 Å². The number of ketones is 1. The Morgan fingerprint density at radius 3 is 1.80 bits per heavy atom. The molecule has 10 nitrogen and oxygen atoms in total. The first-order valence-corrected chi connectivity index (χ1v) is 13.7. The van der Waals surface area contributed by atoms with Crippen molar-refractivity contribution in [2.24, 2.45) is 0 Å². The van der Waals surface area contributed by atoms with E-state index in [4.69, 9.17) is 9.76 Å². The van der Waals surface area contributed by atoms with E-state index in [2.05, 4.69) is 24.8 Å². The zero-order valence-corrected chi connectivity index (χ0v) is 22.6. The molecule has 210 valence electrons. The van der Waals surface area contributed by atoms with Crippen LogP contribution in [0.3, 0.4) is 0 Å². The van der Waals surface area contributed by atoms with Crippen LogP contribution in [0.5, 0.6) is 0 Å². The van der Waals surface area contributed by atoms with Gasteiger partial charge in [0, 0.05) is 63.6 Å². The van der Waals surface area contributed by atoms with Gasteiger partial charge in [-0.05, 0) is 49.2 Å². The van der Waals surface area contributed by atoms with Gasteiger partial charge in [-0.25, -0.2) is 0 Å². The van der Waals surface area contributed by atoms with E-state index in [0.29, 0.717) is 45.6 Å². The Hall–Kier alpha value is -3.51. The van der Waals surface area contributed by atoms with Crippen molar-refractivity contribution < 1.29 is 24.4 Å². The van der Waals surface area contributed by atoms with Crippen LogP contribution >= 0.6 is 0 Å². The number of hydrogen-bond acceptors (Lipinski definition) is 9. The highest BCUT2D eigenvalue weighted by atomic mass is 16.5. The summed E-state index contributed by atoms with van der Waals surface area (Å²) in [6.45, 7) is 3.31. The van der Waals surface area contributed by atoms with Crippen molar-refractivity contribution in [2.45, 2.75) is 57.2 Å². The van der Waals surface area contributed by atoms with E-state index in [1.807, 2.05) is 54.6 Å². The zero-order valence-electron chi connectivity index (χ0n) is 22.6. The van der Waals surface area contributed by atoms with Crippen LogP contribution in [-0.4, -0.2) is 79.5 Å². The lowest BCUT2D eigenvalue weighted by atomic mass is 9.64. The summed E-state index contributed by atoms with van der Waals surface area (Å²) in [6, 6.07) is 17.5. The molecule has 3 aromatic rings. The van der Waals surface area contributed by atoms with Gasteiger partial charge in [-0.3, -0.25) is 34.3 Å². The SMILES string of the molecule is O=C(O)C[C@@H]1CC[C@H](CC(=O)CN(CCN(Cc2ccccn2)Cc2ccccn2)Cc2ccccn2)B(O)O1. The Balaban J connectivity index is 1.39. The van der Waals surface area contributed by atoms with Crippen LogP contribution < -0.4 is 0 Å². The topological polar surface area (TPSA) is 129 Å². The number of carbonyl (C=O) groups excluding carboxylic acids is 1. The van der Waals surface area contributed by atoms with Crippen molar-refractivity contribution in [2.75, 3.05) is 19.6 Å². The lowest BCUT2D eigenvalue weighted by Crippen LogP contribution is -2.40. The molecule has 0 amide bonds. The van der Waals surface area contributed by atoms with Gasteiger partial charge >= 0.3 is 13.1 Å². The predicted molar refractivity (Wildman–Crippen MR) is 150 cm³/mol. The van der Waals surface area contributed by atoms with Gasteiger partial charge in [0.25, 0.3) is 0 Å². The van der Waals surface area contributed by atoms with Crippen molar-refractivity contribution in [3.63, 3.8) is 0 Å². The molecule has 0 saturated carbocycles. The summed E-state index contributed by atoms with van der Waals surface area (Å²) in [5, 5.41) is 19.4. The second-order valence-electron chi connectivity index (χ2n) is 10.2. The van der Waals surface area contributed by atoms with E-state index in [1.54, 1.807) is 18.6 Å². The van der Waals surface area contributed by atoms with Crippen LogP contribution in [0.25, 0.3) is 0 Å². The normalized spacial score (nSPS) is 17.3. The van der Waals surface area contributed by atoms with Crippen LogP contribution in [0.2, 0.25) is 5.82 Å². The zero-order chi connectivity index (χ0) is 28.2. The second kappa shape index (κ2) is 15.3. The van der Waals surface area contributed by atoms with Crippen molar-refractivity contribution in [3.05, 3.63) is 90.3 Å². The molecule has 40 heavy (non-hydrogen) atoms. The molecule has 1 fully saturated rings. The molecule has 0 aliphatic carbocycles. The summed E-state index contributed by atoms with van der Waals surface area (Å²) in [4.78, 5) is 41.9. The summed E-state index contributed by atoms with van der Waals surface area (Å²) in [5.41, 5.74) is 2.78. The maximum absolute atomic E-state index is 13.2. The van der Waals surface area contributed by atoms with Crippen LogP contribution in [0, 0.1) is 0 Å². The minimum Gasteiger partial charge on any atom is -0.481 e. The summed E-state index contributed by atoms with van der Waals surface area (Å²) in [6.07, 6.45) is 5.87. The van der Waals surface area contributed by atoms with E-state index in [9.17, 15) is 14.6 Å². The number of nitrogens with zero attached hydrogens (tertiary/aromatic N) is 5. The molecule has 1 aliphatic rings. The van der Waals surface area contributed by atoms with Gasteiger partial charge in [0.05, 0.1) is 36.2 Å². The minimum absolute atomic E-state index is 0.00117. The standard InChI is InChI=1S/C29H36BN5O5/c36-27(17-23-10-11-28(18-29(37)38)40-30(23)39)22-35(21-26-9-3-6-14-33-26)16-15-34(19-24-7-1-4-12-31-24)20-25-8-2-5-13-32-25/h1-9,12-14,23,28,39H,10-11,15-22H2,(H,37,38)/t23-,28+/m1/s1. The molecule has 0 radical (unpaired) electrons. The fraction of sp³-hybridized carbons (Fsp3) is 0.414. The lowest BCUT2D eigenvalue weighted by Gasteiger charge is -2.31. The number of aromatic nitrogens is 3. The molecular weight excluding hydrogens is 509 g/mol. The summed E-state index contributed by atoms with van der Waals surface area (Å²) < 4.78 is 5.48. The van der Waals surface area contributed by atoms with Crippen LogP contribution in [0.15, 0.2) is 73.2 Å². The number of Topliss-reactive ketones (excluding diaryl/α,β-unsaturated/α-hetero) is 1. The van der Waals surface area contributed by atoms with E-state index >= 15 is 0 Å². The Labute approximate surface area is 235 Å². The third-order valence-corrected chi connectivity index (χ3v) is 6.95. The number of carbonyl (C=O) groups is 2. The summed E-state index contributed by atoms with van der Waals surface area (Å²) in [5.74, 6) is -1.31. The van der Waals surface area contributed by atoms with Gasteiger partial charge in [-0.1, -0.05) is 18.2 Å². The van der Waals surface area contributed by atoms with Crippen LogP contribution in [-0.2, 0) is 33.9 Å². The summed E-state index contributed by atoms with van der Waals surface area (Å²) >= 11 is 0. The molecule has 0 bridgehead atoms. The molecular formula is C29H36BN5O5. The smallest absolute Gasteiger partial charge is 0.458 e. The number of rotatable bonds is 15. The number of carboxylic acids is 1. The Kier molecular flexibility index (Phi) is 11.3. The second-order valence-corrected chi connectivity index (χ2v) is 10.2. The molecule has 1 saturated heterocycles. The van der Waals surface area contributed by atoms with E-state index < -0.39 is 19.2 Å². The highest BCUT2D eigenvalue weighted by molar-refractivity contribution is 6.45. The first-order chi connectivity index (χ1) is 19.4. The first kappa shape index (κ1) is 29.5. The molecule has 4 rings (SSSR count). The third-order valence-electron chi connectivity index (χ3n) is 6.95. The molecule has 2 atom stereocenters. The van der Waals surface area contributed by atoms with Crippen molar-refractivity contribution in [1.82, 2.24) is 24.8 Å². The maximum atomic E-state index is 13.2. The number of hydrogen-bond donors (Lipinski definition) is 2. The predicted octanol–water partition coefficient (Wildman–Crippen LogP) is 2.84. The van der Waals surface area contributed by atoms with Gasteiger partial charge in [0.1, 0.15) is 5.78 Å². The molecule has 1 aliphatic heterocycles. The molecule has 0 unspecified atom stereocenters. The Bertz CT molecular complexity index is 1150. The van der Waals surface area contributed by atoms with Crippen molar-refractivity contribution >= 4 is 18.9 Å². The maximum Gasteiger partial charge on any atom is 0.458 e. The van der Waals surface area contributed by atoms with E-state index in [-0.39, 0.29) is 31.0 Å². The highest BCUT2D eigenvalue weighted by Crippen LogP contribution is 2.30. The molecule has 0 aromatic carbocycles. The molecule has 3 aromatic heterocycles. The fourth-order valence-corrected chi connectivity index (χ4v) is 4.95. The van der Waals surface area contributed by atoms with Crippen LogP contribution in [0.4, 0.5) is 0 Å². The molecule has 11 heteroatoms. The average Bonchev–Trinajstić information content (AvgIpc) is 2.94. The fourth-order valence-electron chi connectivity index (χ4n) is 4.95. The van der Waals surface area contributed by atoms with E-state index in [0.717, 1.165) is 17.1 Å². The molecule has 0 spiro atoms. The largest absolute Gasteiger partial charge is 0.481 e. The monoisotopic (exact) mass is 545 g/mol.